The Morgan fingerprint density at radius 1 is 1.21 bits per heavy atom. The molecule has 3 aliphatic carbocycles. The van der Waals surface area contributed by atoms with Gasteiger partial charge in [-0.25, -0.2) is 4.68 Å². The number of carbonyl (C=O) groups excluding carboxylic acids is 1. The minimum Gasteiger partial charge on any atom is -0.380 e. The van der Waals surface area contributed by atoms with Crippen molar-refractivity contribution in [3.8, 4) is 0 Å². The fourth-order valence-electron chi connectivity index (χ4n) is 5.78. The van der Waals surface area contributed by atoms with Crippen molar-refractivity contribution in [1.82, 2.24) is 14.8 Å². The Bertz CT molecular complexity index is 1280. The maximum absolute atomic E-state index is 12.9. The van der Waals surface area contributed by atoms with E-state index in [0.29, 0.717) is 39.1 Å². The smallest absolute Gasteiger partial charge is 0.283 e. The summed E-state index contributed by atoms with van der Waals surface area (Å²) in [5.74, 6) is 1.64. The normalized spacial score (nSPS) is 25.3. The molecule has 8 heteroatoms. The van der Waals surface area contributed by atoms with Gasteiger partial charge in [-0.2, -0.15) is 5.10 Å². The van der Waals surface area contributed by atoms with Crippen molar-refractivity contribution in [2.45, 2.75) is 46.2 Å². The molecule has 2 N–H and O–H groups in total. The van der Waals surface area contributed by atoms with Crippen LogP contribution in [-0.2, 0) is 11.3 Å². The summed E-state index contributed by atoms with van der Waals surface area (Å²) in [5, 5.41) is 12.5. The molecule has 6 rings (SSSR count). The molecular weight excluding hydrogens is 482 g/mol. The highest BCUT2D eigenvalue weighted by atomic mass is 79.9. The Morgan fingerprint density at radius 2 is 2.03 bits per heavy atom. The summed E-state index contributed by atoms with van der Waals surface area (Å²) in [6, 6.07) is 7.79. The summed E-state index contributed by atoms with van der Waals surface area (Å²) < 4.78 is 1.59. The van der Waals surface area contributed by atoms with E-state index in [2.05, 4.69) is 57.4 Å². The van der Waals surface area contributed by atoms with Crippen molar-refractivity contribution in [1.29, 1.82) is 0 Å². The highest BCUT2D eigenvalue weighted by Crippen LogP contribution is 2.61. The number of carbonyl (C=O) groups is 1. The molecule has 0 spiro atoms. The second-order valence-corrected chi connectivity index (χ2v) is 10.8. The molecule has 1 amide bonds. The van der Waals surface area contributed by atoms with E-state index in [9.17, 15) is 9.59 Å². The molecule has 0 unspecified atom stereocenters. The maximum Gasteiger partial charge on any atom is 0.283 e. The number of anilines is 2. The van der Waals surface area contributed by atoms with Gasteiger partial charge in [-0.05, 0) is 64.1 Å². The topological polar surface area (TPSA) is 88.9 Å². The number of hydrogen-bond donors (Lipinski definition) is 2. The molecule has 0 aliphatic heterocycles. The lowest BCUT2D eigenvalue weighted by atomic mass is 9.45. The van der Waals surface area contributed by atoms with Crippen LogP contribution in [0.4, 0.5) is 11.4 Å². The Morgan fingerprint density at radius 3 is 2.79 bits per heavy atom. The largest absolute Gasteiger partial charge is 0.380 e. The Balaban J connectivity index is 1.29. The first-order chi connectivity index (χ1) is 15.8. The molecule has 0 saturated heterocycles. The maximum atomic E-state index is 12.9. The number of pyridine rings is 1. The van der Waals surface area contributed by atoms with Crippen molar-refractivity contribution >= 4 is 44.0 Å². The zero-order valence-electron chi connectivity index (χ0n) is 19.0. The number of benzene rings is 1. The third kappa shape index (κ3) is 3.84. The molecule has 33 heavy (non-hydrogen) atoms. The van der Waals surface area contributed by atoms with Crippen molar-refractivity contribution < 1.29 is 4.79 Å². The van der Waals surface area contributed by atoms with Gasteiger partial charge < -0.3 is 10.6 Å². The predicted octanol–water partition coefficient (Wildman–Crippen LogP) is 4.68. The molecule has 2 bridgehead atoms. The van der Waals surface area contributed by atoms with E-state index in [1.165, 1.54) is 11.1 Å². The number of amides is 1. The summed E-state index contributed by atoms with van der Waals surface area (Å²) >= 11 is 3.44. The highest BCUT2D eigenvalue weighted by molar-refractivity contribution is 9.10. The lowest BCUT2D eigenvalue weighted by Gasteiger charge is -2.62. The fourth-order valence-corrected chi connectivity index (χ4v) is 6.20. The number of nitrogens with zero attached hydrogens (tertiary/aromatic N) is 3. The summed E-state index contributed by atoms with van der Waals surface area (Å²) in [7, 11) is 0. The molecule has 4 atom stereocenters. The zero-order valence-corrected chi connectivity index (χ0v) is 20.6. The lowest BCUT2D eigenvalue weighted by Crippen LogP contribution is -2.58. The molecule has 2 aromatic heterocycles. The summed E-state index contributed by atoms with van der Waals surface area (Å²) in [6.45, 7) is 6.88. The Kier molecular flexibility index (Phi) is 5.51. The van der Waals surface area contributed by atoms with Gasteiger partial charge in [0.1, 0.15) is 11.0 Å². The first kappa shape index (κ1) is 22.1. The molecular formula is C25H28BrN5O2. The molecule has 3 aromatic rings. The summed E-state index contributed by atoms with van der Waals surface area (Å²) in [5.41, 5.74) is 1.45. The fraction of sp³-hybridized carbons (Fsp3) is 0.440. The number of nitrogens with one attached hydrogen (secondary N) is 2. The molecule has 3 fully saturated rings. The van der Waals surface area contributed by atoms with Gasteiger partial charge in [0.05, 0.1) is 11.9 Å². The van der Waals surface area contributed by atoms with Gasteiger partial charge in [0.25, 0.3) is 5.56 Å². The van der Waals surface area contributed by atoms with Crippen LogP contribution in [0.15, 0.2) is 52.1 Å². The van der Waals surface area contributed by atoms with Crippen LogP contribution >= 0.6 is 15.9 Å². The third-order valence-electron chi connectivity index (χ3n) is 7.93. The number of fused-ring (bicyclic) bond motifs is 3. The van der Waals surface area contributed by atoms with E-state index in [4.69, 9.17) is 0 Å². The molecule has 0 radical (unpaired) electrons. The van der Waals surface area contributed by atoms with Crippen molar-refractivity contribution in [2.75, 3.05) is 10.6 Å². The van der Waals surface area contributed by atoms with Crippen LogP contribution in [-0.4, -0.2) is 26.7 Å². The van der Waals surface area contributed by atoms with Crippen LogP contribution in [0.5, 0.6) is 0 Å². The Hall–Kier alpha value is -2.74. The van der Waals surface area contributed by atoms with Gasteiger partial charge in [-0.15, -0.1) is 0 Å². The lowest BCUT2D eigenvalue weighted by molar-refractivity contribution is -0.117. The molecule has 172 valence electrons. The standard InChI is InChI=1S/C25H28BrN5O2/c1-14-18-9-16(25(18,2)3)10-20(14)29-21-12-28-31(24(33)23(21)26)13-22(32)30-19-6-4-5-15-11-27-8-7-17(15)19/h4-8,11-12,14,16,18,20,29H,9-10,13H2,1-3H3,(H,30,32)/t14-,16+,18-,20-/m1/s1. The van der Waals surface area contributed by atoms with Crippen LogP contribution in [0, 0.1) is 23.2 Å². The quantitative estimate of drug-likeness (QED) is 0.521. The number of rotatable bonds is 5. The third-order valence-corrected chi connectivity index (χ3v) is 8.69. The second kappa shape index (κ2) is 8.24. The van der Waals surface area contributed by atoms with Crippen LogP contribution in [0.2, 0.25) is 0 Å². The molecule has 3 aliphatic rings. The Labute approximate surface area is 201 Å². The zero-order chi connectivity index (χ0) is 23.3. The second-order valence-electron chi connectivity index (χ2n) is 9.99. The van der Waals surface area contributed by atoms with E-state index < -0.39 is 0 Å². The highest BCUT2D eigenvalue weighted by Gasteiger charge is 2.56. The van der Waals surface area contributed by atoms with Gasteiger partial charge >= 0.3 is 0 Å². The average molecular weight is 510 g/mol. The average Bonchev–Trinajstić information content (AvgIpc) is 2.79. The van der Waals surface area contributed by atoms with E-state index >= 15 is 0 Å². The van der Waals surface area contributed by atoms with E-state index in [-0.39, 0.29) is 18.0 Å². The number of hydrogen-bond acceptors (Lipinski definition) is 5. The SMILES string of the molecule is C[C@@H]1[C@H]2C[C@@H](C[C@H]1Nc1cnn(CC(=O)Nc3cccc4cnccc34)c(=O)c1Br)C2(C)C. The van der Waals surface area contributed by atoms with Gasteiger partial charge in [0, 0.05) is 34.9 Å². The van der Waals surface area contributed by atoms with Crippen molar-refractivity contribution in [3.63, 3.8) is 0 Å². The monoisotopic (exact) mass is 509 g/mol. The summed E-state index contributed by atoms with van der Waals surface area (Å²) in [4.78, 5) is 29.7. The van der Waals surface area contributed by atoms with E-state index in [1.54, 1.807) is 18.6 Å². The van der Waals surface area contributed by atoms with Gasteiger partial charge in [0.2, 0.25) is 5.91 Å². The van der Waals surface area contributed by atoms with Gasteiger partial charge in [0.15, 0.2) is 0 Å². The minimum absolute atomic E-state index is 0.169. The first-order valence-corrected chi connectivity index (χ1v) is 12.2. The molecule has 7 nitrogen and oxygen atoms in total. The van der Waals surface area contributed by atoms with Crippen LogP contribution in [0.25, 0.3) is 10.8 Å². The molecule has 1 aromatic carbocycles. The predicted molar refractivity (Wildman–Crippen MR) is 133 cm³/mol. The van der Waals surface area contributed by atoms with Crippen LogP contribution in [0.3, 0.4) is 0 Å². The van der Waals surface area contributed by atoms with Gasteiger partial charge in [-0.1, -0.05) is 32.9 Å². The van der Waals surface area contributed by atoms with Crippen molar-refractivity contribution in [3.05, 3.63) is 57.7 Å². The van der Waals surface area contributed by atoms with Crippen LogP contribution < -0.4 is 16.2 Å². The van der Waals surface area contributed by atoms with Crippen LogP contribution in [0.1, 0.15) is 33.6 Å². The first-order valence-electron chi connectivity index (χ1n) is 11.4. The molecule has 2 heterocycles. The minimum atomic E-state index is -0.328. The summed E-state index contributed by atoms with van der Waals surface area (Å²) in [6.07, 6.45) is 7.47. The number of halogens is 1. The number of aromatic nitrogens is 3. The van der Waals surface area contributed by atoms with E-state index in [0.717, 1.165) is 23.1 Å². The van der Waals surface area contributed by atoms with E-state index in [1.807, 2.05) is 24.3 Å². The van der Waals surface area contributed by atoms with Crippen molar-refractivity contribution in [2.24, 2.45) is 23.2 Å². The molecule has 3 saturated carbocycles. The van der Waals surface area contributed by atoms with Gasteiger partial charge in [-0.3, -0.25) is 14.6 Å².